The monoisotopic (exact) mass is 572 g/mol. The van der Waals surface area contributed by atoms with Crippen molar-refractivity contribution in [3.63, 3.8) is 0 Å². The Morgan fingerprint density at radius 3 is 1.72 bits per heavy atom. The van der Waals surface area contributed by atoms with Crippen LogP contribution in [0, 0.1) is 0 Å². The largest absolute Gasteiger partial charge is 0.519 e. The molecule has 0 saturated carbocycles. The molecular weight excluding hydrogens is 513 g/mol. The molecule has 0 aromatic heterocycles. The van der Waals surface area contributed by atoms with E-state index in [9.17, 15) is 4.79 Å². The lowest BCUT2D eigenvalue weighted by Crippen LogP contribution is -2.43. The Morgan fingerprint density at radius 1 is 0.692 bits per heavy atom. The third-order valence-electron chi connectivity index (χ3n) is 7.60. The molecule has 0 rings (SSSR count). The van der Waals surface area contributed by atoms with Crippen LogP contribution in [0.2, 0.25) is 36.3 Å². The lowest BCUT2D eigenvalue weighted by molar-refractivity contribution is -0.135. The molecule has 1 atom stereocenters. The van der Waals surface area contributed by atoms with E-state index in [1.165, 1.54) is 0 Å². The van der Waals surface area contributed by atoms with Gasteiger partial charge < -0.3 is 8.85 Å². The quantitative estimate of drug-likeness (QED) is 0.0987. The number of rotatable bonds is 17. The maximum absolute atomic E-state index is 12.1. The van der Waals surface area contributed by atoms with Gasteiger partial charge in [0.1, 0.15) is 0 Å². The first-order chi connectivity index (χ1) is 18.0. The molecule has 3 nitrogen and oxygen atoms in total. The number of carbonyl (C=O) groups is 1. The second kappa shape index (κ2) is 18.6. The van der Waals surface area contributed by atoms with Crippen molar-refractivity contribution in [3.05, 3.63) is 72.9 Å². The van der Waals surface area contributed by atoms with Gasteiger partial charge in [0, 0.05) is 6.42 Å². The van der Waals surface area contributed by atoms with E-state index in [4.69, 9.17) is 8.85 Å². The lowest BCUT2D eigenvalue weighted by Gasteiger charge is -2.38. The molecule has 0 N–H and O–H groups in total. The van der Waals surface area contributed by atoms with Gasteiger partial charge in [-0.25, -0.2) is 0 Å². The van der Waals surface area contributed by atoms with Gasteiger partial charge in [-0.05, 0) is 74.8 Å². The Balaban J connectivity index is 4.33. The second-order valence-corrected chi connectivity index (χ2v) is 22.7. The van der Waals surface area contributed by atoms with Crippen molar-refractivity contribution in [2.45, 2.75) is 136 Å². The Bertz CT molecular complexity index is 860. The van der Waals surface area contributed by atoms with Crippen molar-refractivity contribution >= 4 is 22.6 Å². The summed E-state index contributed by atoms with van der Waals surface area (Å²) in [5, 5.41) is 0.264. The van der Waals surface area contributed by atoms with Crippen LogP contribution in [0.3, 0.4) is 0 Å². The van der Waals surface area contributed by atoms with Crippen molar-refractivity contribution in [2.75, 3.05) is 0 Å². The van der Waals surface area contributed by atoms with Crippen LogP contribution in [0.5, 0.6) is 0 Å². The minimum absolute atomic E-state index is 0.0558. The molecule has 0 aromatic carbocycles. The van der Waals surface area contributed by atoms with Gasteiger partial charge in [0.05, 0.1) is 6.10 Å². The van der Waals surface area contributed by atoms with Crippen molar-refractivity contribution in [1.29, 1.82) is 0 Å². The molecule has 0 aliphatic carbocycles. The summed E-state index contributed by atoms with van der Waals surface area (Å²) in [6.07, 6.45) is 32.1. The highest BCUT2D eigenvalue weighted by Crippen LogP contribution is 2.38. The van der Waals surface area contributed by atoms with E-state index in [2.05, 4.69) is 148 Å². The van der Waals surface area contributed by atoms with Gasteiger partial charge in [-0.3, -0.25) is 4.79 Å². The van der Waals surface area contributed by atoms with Gasteiger partial charge in [0.15, 0.2) is 8.32 Å². The highest BCUT2D eigenvalue weighted by molar-refractivity contribution is 6.75. The summed E-state index contributed by atoms with van der Waals surface area (Å²) in [5.74, 6) is -0.0696. The molecule has 0 aliphatic heterocycles. The first kappa shape index (κ1) is 37.3. The average molecular weight is 573 g/mol. The predicted molar refractivity (Wildman–Crippen MR) is 178 cm³/mol. The van der Waals surface area contributed by atoms with Gasteiger partial charge in [0.25, 0.3) is 14.3 Å². The van der Waals surface area contributed by atoms with Crippen LogP contribution in [-0.2, 0) is 13.6 Å². The second-order valence-electron chi connectivity index (χ2n) is 13.2. The molecule has 0 heterocycles. The van der Waals surface area contributed by atoms with E-state index in [1.54, 1.807) is 0 Å². The Hall–Kier alpha value is -1.70. The summed E-state index contributed by atoms with van der Waals surface area (Å²) in [6, 6.07) is 0. The molecule has 0 radical (unpaired) electrons. The predicted octanol–water partition coefficient (Wildman–Crippen LogP) is 11.0. The Labute approximate surface area is 244 Å². The van der Waals surface area contributed by atoms with Crippen LogP contribution in [0.25, 0.3) is 0 Å². The van der Waals surface area contributed by atoms with E-state index in [1.807, 2.05) is 0 Å². The summed E-state index contributed by atoms with van der Waals surface area (Å²) in [7, 11) is -3.81. The number of carbonyl (C=O) groups excluding carboxylic acids is 1. The van der Waals surface area contributed by atoms with Crippen molar-refractivity contribution < 1.29 is 13.6 Å². The molecule has 0 saturated heterocycles. The first-order valence-electron chi connectivity index (χ1n) is 14.9. The topological polar surface area (TPSA) is 35.5 Å². The lowest BCUT2D eigenvalue weighted by atomic mass is 10.2. The highest BCUT2D eigenvalue weighted by Gasteiger charge is 2.40. The molecule has 0 aromatic rings. The molecule has 0 amide bonds. The van der Waals surface area contributed by atoms with Crippen LogP contribution < -0.4 is 0 Å². The minimum atomic E-state index is -2.00. The first-order valence-corrected chi connectivity index (χ1v) is 20.7. The Kier molecular flexibility index (Phi) is 17.8. The molecule has 0 fully saturated rings. The van der Waals surface area contributed by atoms with Crippen LogP contribution in [0.15, 0.2) is 72.9 Å². The van der Waals surface area contributed by atoms with E-state index in [0.717, 1.165) is 38.5 Å². The van der Waals surface area contributed by atoms with Gasteiger partial charge in [0.2, 0.25) is 0 Å². The summed E-state index contributed by atoms with van der Waals surface area (Å²) in [4.78, 5) is 12.1. The van der Waals surface area contributed by atoms with Crippen LogP contribution >= 0.6 is 0 Å². The van der Waals surface area contributed by atoms with Crippen LogP contribution in [0.1, 0.15) is 93.4 Å². The fraction of sp³-hybridized carbons (Fsp3) is 0.618. The maximum Gasteiger partial charge on any atom is 0.292 e. The minimum Gasteiger partial charge on any atom is -0.519 e. The van der Waals surface area contributed by atoms with Gasteiger partial charge in [-0.15, -0.1) is 0 Å². The smallest absolute Gasteiger partial charge is 0.292 e. The van der Waals surface area contributed by atoms with Crippen molar-refractivity contribution in [3.8, 4) is 0 Å². The third kappa shape index (κ3) is 17.6. The summed E-state index contributed by atoms with van der Waals surface area (Å²) in [5.41, 5.74) is 0. The normalized spacial score (nSPS) is 15.3. The van der Waals surface area contributed by atoms with Gasteiger partial charge >= 0.3 is 0 Å². The number of allylic oxidation sites excluding steroid dienone is 10. The van der Waals surface area contributed by atoms with E-state index >= 15 is 0 Å². The molecule has 222 valence electrons. The third-order valence-corrected chi connectivity index (χ3v) is 16.5. The molecule has 0 spiro atoms. The highest BCUT2D eigenvalue weighted by atomic mass is 28.4. The fourth-order valence-corrected chi connectivity index (χ4v) is 5.25. The standard InChI is InChI=1S/C34H60O3Si2/c1-12-13-25-28-31(36-38(8,9)33(2,3)4)29-26-23-21-19-17-15-14-16-18-20-22-24-27-30-32(35)37-39(10,11)34(5,6)7/h13,15-18,21-26,29,31H,12,14,19-20,27-28,30H2,1-11H3/t31-/m0/s1. The van der Waals surface area contributed by atoms with Crippen molar-refractivity contribution in [1.82, 2.24) is 0 Å². The summed E-state index contributed by atoms with van der Waals surface area (Å²) >= 11 is 0. The van der Waals surface area contributed by atoms with E-state index in [0.29, 0.717) is 6.42 Å². The van der Waals surface area contributed by atoms with Gasteiger partial charge in [-0.1, -0.05) is 121 Å². The zero-order valence-corrected chi connectivity index (χ0v) is 29.2. The van der Waals surface area contributed by atoms with E-state index in [-0.39, 0.29) is 22.1 Å². The van der Waals surface area contributed by atoms with Crippen LogP contribution in [0.4, 0.5) is 0 Å². The molecular formula is C34H60O3Si2. The molecule has 0 bridgehead atoms. The molecule has 0 aliphatic rings. The number of hydrogen-bond donors (Lipinski definition) is 0. The molecule has 39 heavy (non-hydrogen) atoms. The molecule has 0 unspecified atom stereocenters. The summed E-state index contributed by atoms with van der Waals surface area (Å²) in [6.45, 7) is 24.3. The Morgan fingerprint density at radius 2 is 1.21 bits per heavy atom. The average Bonchev–Trinajstić information content (AvgIpc) is 2.79. The SMILES string of the molecule is CCC=CC[C@@H](C=CC=CCC=CCC=CCC=CCCC(=O)O[Si](C)(C)C(C)(C)C)O[Si](C)(C)C(C)(C)C. The van der Waals surface area contributed by atoms with E-state index < -0.39 is 16.6 Å². The maximum atomic E-state index is 12.1. The summed E-state index contributed by atoms with van der Waals surface area (Å²) < 4.78 is 12.4. The zero-order chi connectivity index (χ0) is 30.0. The number of hydrogen-bond acceptors (Lipinski definition) is 3. The van der Waals surface area contributed by atoms with Crippen molar-refractivity contribution in [2.24, 2.45) is 0 Å². The zero-order valence-electron chi connectivity index (χ0n) is 27.2. The van der Waals surface area contributed by atoms with Crippen LogP contribution in [-0.4, -0.2) is 28.7 Å². The fourth-order valence-electron chi connectivity index (χ4n) is 2.99. The van der Waals surface area contributed by atoms with Gasteiger partial charge in [-0.2, -0.15) is 0 Å². The molecule has 5 heteroatoms.